The average molecular weight is 351 g/mol. The molecule has 5 heteroatoms. The van der Waals surface area contributed by atoms with Gasteiger partial charge in [0.2, 0.25) is 0 Å². The summed E-state index contributed by atoms with van der Waals surface area (Å²) in [5.74, 6) is -0.692. The van der Waals surface area contributed by atoms with Crippen LogP contribution in [0.15, 0.2) is 45.6 Å². The second kappa shape index (κ2) is 7.04. The smallest absolute Gasteiger partial charge is 0.340 e. The van der Waals surface area contributed by atoms with Crippen LogP contribution in [0.1, 0.15) is 27.8 Å². The van der Waals surface area contributed by atoms with Crippen molar-refractivity contribution in [2.75, 3.05) is 0 Å². The van der Waals surface area contributed by atoms with Crippen molar-refractivity contribution >= 4 is 16.9 Å². The van der Waals surface area contributed by atoms with E-state index in [4.69, 9.17) is 9.15 Å². The molecule has 1 aromatic heterocycles. The van der Waals surface area contributed by atoms with Crippen LogP contribution in [0.4, 0.5) is 0 Å². The van der Waals surface area contributed by atoms with Gasteiger partial charge in [-0.25, -0.2) is 4.79 Å². The monoisotopic (exact) mass is 351 g/mol. The molecule has 26 heavy (non-hydrogen) atoms. The van der Waals surface area contributed by atoms with Crippen molar-refractivity contribution < 1.29 is 19.1 Å². The first kappa shape index (κ1) is 17.7. The Morgan fingerprint density at radius 3 is 2.38 bits per heavy atom. The van der Waals surface area contributed by atoms with Gasteiger partial charge >= 0.3 is 5.63 Å². The van der Waals surface area contributed by atoms with Gasteiger partial charge < -0.3 is 19.1 Å². The largest absolute Gasteiger partial charge is 0.550 e. The van der Waals surface area contributed by atoms with Crippen LogP contribution in [-0.2, 0) is 17.8 Å². The van der Waals surface area contributed by atoms with Gasteiger partial charge in [-0.15, -0.1) is 0 Å². The SMILES string of the molecule is Cc1ccc(COc2ccc3c(C)c(CC(=O)[O-])c(=O)oc3c2C)cc1. The van der Waals surface area contributed by atoms with Crippen molar-refractivity contribution in [3.63, 3.8) is 0 Å². The van der Waals surface area contributed by atoms with Gasteiger partial charge in [-0.1, -0.05) is 29.8 Å². The molecule has 0 aliphatic rings. The average Bonchev–Trinajstić information content (AvgIpc) is 2.60. The number of carbonyl (C=O) groups is 1. The first-order valence-electron chi connectivity index (χ1n) is 8.31. The molecule has 2 aromatic carbocycles. The van der Waals surface area contributed by atoms with Gasteiger partial charge in [0.05, 0.1) is 0 Å². The highest BCUT2D eigenvalue weighted by Crippen LogP contribution is 2.30. The van der Waals surface area contributed by atoms with Gasteiger partial charge in [-0.3, -0.25) is 0 Å². The summed E-state index contributed by atoms with van der Waals surface area (Å²) in [7, 11) is 0. The number of carboxylic acid groups (broad SMARTS) is 1. The topological polar surface area (TPSA) is 79.6 Å². The lowest BCUT2D eigenvalue weighted by Gasteiger charge is -2.13. The lowest BCUT2D eigenvalue weighted by atomic mass is 10.0. The van der Waals surface area contributed by atoms with E-state index < -0.39 is 18.0 Å². The van der Waals surface area contributed by atoms with Crippen molar-refractivity contribution in [3.8, 4) is 5.75 Å². The number of carboxylic acids is 1. The molecule has 3 aromatic rings. The molecule has 0 spiro atoms. The summed E-state index contributed by atoms with van der Waals surface area (Å²) < 4.78 is 11.3. The van der Waals surface area contributed by atoms with E-state index in [-0.39, 0.29) is 5.56 Å². The minimum Gasteiger partial charge on any atom is -0.550 e. The number of hydrogen-bond donors (Lipinski definition) is 0. The zero-order valence-electron chi connectivity index (χ0n) is 14.9. The fourth-order valence-corrected chi connectivity index (χ4v) is 2.92. The molecule has 0 aliphatic carbocycles. The molecule has 0 atom stereocenters. The highest BCUT2D eigenvalue weighted by Gasteiger charge is 2.15. The fourth-order valence-electron chi connectivity index (χ4n) is 2.92. The molecule has 0 unspecified atom stereocenters. The van der Waals surface area contributed by atoms with Crippen LogP contribution < -0.4 is 15.5 Å². The Balaban J connectivity index is 1.96. The number of ether oxygens (including phenoxy) is 1. The highest BCUT2D eigenvalue weighted by atomic mass is 16.5. The molecule has 5 nitrogen and oxygen atoms in total. The van der Waals surface area contributed by atoms with Gasteiger partial charge in [0.15, 0.2) is 0 Å². The van der Waals surface area contributed by atoms with E-state index in [2.05, 4.69) is 0 Å². The van der Waals surface area contributed by atoms with E-state index in [9.17, 15) is 14.7 Å². The standard InChI is InChI=1S/C21H20O5/c1-12-4-6-15(7-5-12)11-25-18-9-8-16-13(2)17(10-19(22)23)21(24)26-20(16)14(18)3/h4-9H,10-11H2,1-3H3,(H,22,23)/p-1. The van der Waals surface area contributed by atoms with Gasteiger partial charge in [0, 0.05) is 28.9 Å². The van der Waals surface area contributed by atoms with E-state index >= 15 is 0 Å². The highest BCUT2D eigenvalue weighted by molar-refractivity contribution is 5.86. The Bertz CT molecular complexity index is 1030. The molecular weight excluding hydrogens is 332 g/mol. The minimum atomic E-state index is -1.31. The molecule has 3 rings (SSSR count). The third kappa shape index (κ3) is 3.47. The zero-order chi connectivity index (χ0) is 18.8. The van der Waals surface area contributed by atoms with Gasteiger partial charge in [0.1, 0.15) is 17.9 Å². The predicted molar refractivity (Wildman–Crippen MR) is 96.2 cm³/mol. The maximum atomic E-state index is 12.2. The van der Waals surface area contributed by atoms with Crippen molar-refractivity contribution in [3.05, 3.63) is 74.6 Å². The molecule has 0 fully saturated rings. The molecule has 0 bridgehead atoms. The van der Waals surface area contributed by atoms with E-state index in [0.717, 1.165) is 5.56 Å². The number of carbonyl (C=O) groups excluding carboxylic acids is 1. The first-order valence-corrected chi connectivity index (χ1v) is 8.31. The van der Waals surface area contributed by atoms with E-state index in [1.807, 2.05) is 44.2 Å². The summed E-state index contributed by atoms with van der Waals surface area (Å²) in [5.41, 5.74) is 3.39. The predicted octanol–water partition coefficient (Wildman–Crippen LogP) is 2.59. The van der Waals surface area contributed by atoms with E-state index in [1.54, 1.807) is 13.0 Å². The number of aryl methyl sites for hydroxylation is 3. The second-order valence-electron chi connectivity index (χ2n) is 6.38. The lowest BCUT2D eigenvalue weighted by Crippen LogP contribution is -2.27. The number of rotatable bonds is 5. The minimum absolute atomic E-state index is 0.116. The van der Waals surface area contributed by atoms with Crippen molar-refractivity contribution in [1.29, 1.82) is 0 Å². The second-order valence-corrected chi connectivity index (χ2v) is 6.38. The number of fused-ring (bicyclic) bond motifs is 1. The van der Waals surface area contributed by atoms with Crippen LogP contribution in [0, 0.1) is 20.8 Å². The van der Waals surface area contributed by atoms with Crippen molar-refractivity contribution in [1.82, 2.24) is 0 Å². The van der Waals surface area contributed by atoms with Crippen LogP contribution >= 0.6 is 0 Å². The molecular formula is C21H19O5-. The first-order chi connectivity index (χ1) is 12.4. The summed E-state index contributed by atoms with van der Waals surface area (Å²) in [5, 5.41) is 11.6. The summed E-state index contributed by atoms with van der Waals surface area (Å²) >= 11 is 0. The van der Waals surface area contributed by atoms with Gasteiger partial charge in [-0.05, 0) is 44.0 Å². The number of aliphatic carboxylic acids is 1. The molecule has 134 valence electrons. The summed E-state index contributed by atoms with van der Waals surface area (Å²) in [4.78, 5) is 23.0. The summed E-state index contributed by atoms with van der Waals surface area (Å²) in [6.07, 6.45) is -0.463. The number of hydrogen-bond acceptors (Lipinski definition) is 5. The molecule has 0 N–H and O–H groups in total. The van der Waals surface area contributed by atoms with Crippen molar-refractivity contribution in [2.24, 2.45) is 0 Å². The van der Waals surface area contributed by atoms with Gasteiger partial charge in [0.25, 0.3) is 0 Å². The zero-order valence-corrected chi connectivity index (χ0v) is 14.9. The van der Waals surface area contributed by atoms with Crippen molar-refractivity contribution in [2.45, 2.75) is 33.8 Å². The maximum Gasteiger partial charge on any atom is 0.340 e. The lowest BCUT2D eigenvalue weighted by molar-refractivity contribution is -0.304. The Morgan fingerprint density at radius 1 is 1.04 bits per heavy atom. The maximum absolute atomic E-state index is 12.2. The van der Waals surface area contributed by atoms with Crippen LogP contribution in [0.25, 0.3) is 11.0 Å². The Morgan fingerprint density at radius 2 is 1.73 bits per heavy atom. The molecule has 1 heterocycles. The Kier molecular flexibility index (Phi) is 4.80. The van der Waals surface area contributed by atoms with Crippen LogP contribution in [0.3, 0.4) is 0 Å². The molecule has 0 saturated carbocycles. The fraction of sp³-hybridized carbons (Fsp3) is 0.238. The third-order valence-electron chi connectivity index (χ3n) is 4.49. The molecule has 0 aliphatic heterocycles. The molecule has 0 radical (unpaired) electrons. The molecule has 0 amide bonds. The molecule has 0 saturated heterocycles. The van der Waals surface area contributed by atoms with E-state index in [0.29, 0.717) is 34.5 Å². The van der Waals surface area contributed by atoms with Crippen LogP contribution in [0.5, 0.6) is 5.75 Å². The van der Waals surface area contributed by atoms with E-state index in [1.165, 1.54) is 5.56 Å². The summed E-state index contributed by atoms with van der Waals surface area (Å²) in [6, 6.07) is 11.6. The Labute approximate surface area is 150 Å². The third-order valence-corrected chi connectivity index (χ3v) is 4.49. The quantitative estimate of drug-likeness (QED) is 0.660. The number of benzene rings is 2. The Hall–Kier alpha value is -3.08. The normalized spacial score (nSPS) is 10.9. The van der Waals surface area contributed by atoms with Crippen LogP contribution in [-0.4, -0.2) is 5.97 Å². The van der Waals surface area contributed by atoms with Crippen LogP contribution in [0.2, 0.25) is 0 Å². The van der Waals surface area contributed by atoms with Gasteiger partial charge in [-0.2, -0.15) is 0 Å². The summed E-state index contributed by atoms with van der Waals surface area (Å²) in [6.45, 7) is 5.95.